The van der Waals surface area contributed by atoms with E-state index in [9.17, 15) is 0 Å². The Labute approximate surface area is 146 Å². The normalized spacial score (nSPS) is 23.5. The van der Waals surface area contributed by atoms with Crippen LogP contribution in [-0.2, 0) is 13.1 Å². The zero-order valence-electron chi connectivity index (χ0n) is 15.1. The molecule has 1 atom stereocenters. The van der Waals surface area contributed by atoms with Gasteiger partial charge in [-0.25, -0.2) is 4.99 Å². The molecule has 132 valence electrons. The van der Waals surface area contributed by atoms with Crippen LogP contribution in [-0.4, -0.2) is 41.4 Å². The fraction of sp³-hybridized carbons (Fsp3) is 0.650. The van der Waals surface area contributed by atoms with Gasteiger partial charge in [0.05, 0.1) is 6.54 Å². The number of benzene rings is 1. The Morgan fingerprint density at radius 2 is 1.75 bits per heavy atom. The molecule has 0 aromatic heterocycles. The van der Waals surface area contributed by atoms with Crippen molar-refractivity contribution in [3.05, 3.63) is 35.4 Å². The summed E-state index contributed by atoms with van der Waals surface area (Å²) in [4.78, 5) is 9.54. The standard InChI is InChI=1S/C20H32N4/c1-17-9-5-8-14-24(17)16-19-11-4-3-10-18(19)15-22-20(21)23-12-6-2-7-13-23/h3-4,10-11,17H,2,5-9,12-16H2,1H3,(H2,21,22). The molecule has 0 aliphatic carbocycles. The van der Waals surface area contributed by atoms with E-state index >= 15 is 0 Å². The largest absolute Gasteiger partial charge is 0.370 e. The molecule has 0 spiro atoms. The van der Waals surface area contributed by atoms with Gasteiger partial charge in [-0.15, -0.1) is 0 Å². The molecular formula is C20H32N4. The average molecular weight is 329 g/mol. The fourth-order valence-electron chi connectivity index (χ4n) is 3.87. The third-order valence-corrected chi connectivity index (χ3v) is 5.52. The minimum atomic E-state index is 0.689. The summed E-state index contributed by atoms with van der Waals surface area (Å²) in [6.45, 7) is 7.42. The van der Waals surface area contributed by atoms with Crippen molar-refractivity contribution in [2.75, 3.05) is 19.6 Å². The van der Waals surface area contributed by atoms with Crippen LogP contribution in [0.25, 0.3) is 0 Å². The third-order valence-electron chi connectivity index (χ3n) is 5.52. The number of guanidine groups is 1. The summed E-state index contributed by atoms with van der Waals surface area (Å²) in [5, 5.41) is 0. The van der Waals surface area contributed by atoms with Crippen LogP contribution in [0.3, 0.4) is 0 Å². The van der Waals surface area contributed by atoms with Crippen LogP contribution in [0, 0.1) is 0 Å². The van der Waals surface area contributed by atoms with Gasteiger partial charge >= 0.3 is 0 Å². The molecule has 2 fully saturated rings. The highest BCUT2D eigenvalue weighted by atomic mass is 15.2. The summed E-state index contributed by atoms with van der Waals surface area (Å²) in [6, 6.07) is 9.41. The van der Waals surface area contributed by atoms with Crippen molar-refractivity contribution in [3.63, 3.8) is 0 Å². The zero-order chi connectivity index (χ0) is 16.8. The van der Waals surface area contributed by atoms with Gasteiger partial charge in [0.1, 0.15) is 0 Å². The maximum Gasteiger partial charge on any atom is 0.191 e. The van der Waals surface area contributed by atoms with E-state index in [1.165, 1.54) is 56.2 Å². The van der Waals surface area contributed by atoms with Crippen molar-refractivity contribution >= 4 is 5.96 Å². The molecule has 1 aromatic rings. The number of hydrogen-bond donors (Lipinski definition) is 1. The predicted molar refractivity (Wildman–Crippen MR) is 101 cm³/mol. The number of rotatable bonds is 4. The molecule has 2 N–H and O–H groups in total. The van der Waals surface area contributed by atoms with Crippen molar-refractivity contribution in [2.24, 2.45) is 10.7 Å². The maximum absolute atomic E-state index is 6.22. The summed E-state index contributed by atoms with van der Waals surface area (Å²) in [5.41, 5.74) is 8.94. The van der Waals surface area contributed by atoms with Gasteiger partial charge in [-0.05, 0) is 56.7 Å². The van der Waals surface area contributed by atoms with E-state index in [0.29, 0.717) is 12.6 Å². The second-order valence-corrected chi connectivity index (χ2v) is 7.31. The van der Waals surface area contributed by atoms with Gasteiger partial charge < -0.3 is 10.6 Å². The SMILES string of the molecule is CC1CCCCN1Cc1ccccc1CN=C(N)N1CCCCC1. The highest BCUT2D eigenvalue weighted by Gasteiger charge is 2.19. The Bertz CT molecular complexity index is 548. The van der Waals surface area contributed by atoms with E-state index in [-0.39, 0.29) is 0 Å². The van der Waals surface area contributed by atoms with E-state index in [4.69, 9.17) is 10.7 Å². The first-order chi connectivity index (χ1) is 11.7. The van der Waals surface area contributed by atoms with Gasteiger partial charge in [0, 0.05) is 25.7 Å². The van der Waals surface area contributed by atoms with Crippen molar-refractivity contribution in [1.82, 2.24) is 9.80 Å². The van der Waals surface area contributed by atoms with Crippen molar-refractivity contribution in [2.45, 2.75) is 64.6 Å². The molecule has 2 aliphatic heterocycles. The number of piperidine rings is 2. The number of likely N-dealkylation sites (tertiary alicyclic amines) is 2. The molecule has 0 saturated carbocycles. The number of nitrogens with two attached hydrogens (primary N) is 1. The molecule has 2 saturated heterocycles. The van der Waals surface area contributed by atoms with Gasteiger partial charge in [-0.2, -0.15) is 0 Å². The van der Waals surface area contributed by atoms with Gasteiger partial charge in [0.25, 0.3) is 0 Å². The molecule has 4 heteroatoms. The van der Waals surface area contributed by atoms with Gasteiger partial charge in [-0.1, -0.05) is 30.7 Å². The molecule has 24 heavy (non-hydrogen) atoms. The van der Waals surface area contributed by atoms with Crippen LogP contribution < -0.4 is 5.73 Å². The lowest BCUT2D eigenvalue weighted by atomic mass is 10.0. The second kappa shape index (κ2) is 8.52. The first-order valence-electron chi connectivity index (χ1n) is 9.60. The van der Waals surface area contributed by atoms with E-state index in [2.05, 4.69) is 41.0 Å². The molecule has 0 radical (unpaired) electrons. The number of hydrogen-bond acceptors (Lipinski definition) is 2. The Hall–Kier alpha value is -1.55. The van der Waals surface area contributed by atoms with E-state index in [0.717, 1.165) is 25.6 Å². The molecule has 0 bridgehead atoms. The van der Waals surface area contributed by atoms with Crippen molar-refractivity contribution in [3.8, 4) is 0 Å². The summed E-state index contributed by atoms with van der Waals surface area (Å²) >= 11 is 0. The number of aliphatic imine (C=N–C) groups is 1. The lowest BCUT2D eigenvalue weighted by molar-refractivity contribution is 0.152. The van der Waals surface area contributed by atoms with Crippen molar-refractivity contribution in [1.29, 1.82) is 0 Å². The van der Waals surface area contributed by atoms with Crippen LogP contribution in [0.15, 0.2) is 29.3 Å². The molecule has 4 nitrogen and oxygen atoms in total. The maximum atomic E-state index is 6.22. The van der Waals surface area contributed by atoms with E-state index in [1.54, 1.807) is 0 Å². The van der Waals surface area contributed by atoms with Crippen LogP contribution in [0.5, 0.6) is 0 Å². The zero-order valence-corrected chi connectivity index (χ0v) is 15.1. The van der Waals surface area contributed by atoms with Crippen LogP contribution in [0.4, 0.5) is 0 Å². The average Bonchev–Trinajstić information content (AvgIpc) is 2.63. The predicted octanol–water partition coefficient (Wildman–Crippen LogP) is 3.36. The Morgan fingerprint density at radius 3 is 2.50 bits per heavy atom. The smallest absolute Gasteiger partial charge is 0.191 e. The van der Waals surface area contributed by atoms with Crippen LogP contribution in [0.2, 0.25) is 0 Å². The van der Waals surface area contributed by atoms with Gasteiger partial charge in [0.15, 0.2) is 5.96 Å². The van der Waals surface area contributed by atoms with E-state index < -0.39 is 0 Å². The fourth-order valence-corrected chi connectivity index (χ4v) is 3.87. The monoisotopic (exact) mass is 328 g/mol. The third kappa shape index (κ3) is 4.50. The topological polar surface area (TPSA) is 44.9 Å². The highest BCUT2D eigenvalue weighted by molar-refractivity contribution is 5.78. The van der Waals surface area contributed by atoms with Gasteiger partial charge in [-0.3, -0.25) is 4.90 Å². The molecular weight excluding hydrogens is 296 g/mol. The minimum Gasteiger partial charge on any atom is -0.370 e. The molecule has 2 heterocycles. The Kier molecular flexibility index (Phi) is 6.13. The lowest BCUT2D eigenvalue weighted by Crippen LogP contribution is -2.40. The minimum absolute atomic E-state index is 0.689. The summed E-state index contributed by atoms with van der Waals surface area (Å²) in [7, 11) is 0. The molecule has 2 aliphatic rings. The summed E-state index contributed by atoms with van der Waals surface area (Å²) in [6.07, 6.45) is 7.81. The van der Waals surface area contributed by atoms with Crippen LogP contribution >= 0.6 is 0 Å². The lowest BCUT2D eigenvalue weighted by Gasteiger charge is -2.33. The summed E-state index contributed by atoms with van der Waals surface area (Å²) < 4.78 is 0. The van der Waals surface area contributed by atoms with E-state index in [1.807, 2.05) is 0 Å². The Morgan fingerprint density at radius 1 is 1.04 bits per heavy atom. The first-order valence-corrected chi connectivity index (χ1v) is 9.60. The molecule has 1 unspecified atom stereocenters. The number of nitrogens with zero attached hydrogens (tertiary/aromatic N) is 3. The Balaban J connectivity index is 1.65. The van der Waals surface area contributed by atoms with Gasteiger partial charge in [0.2, 0.25) is 0 Å². The quantitative estimate of drug-likeness (QED) is 0.681. The van der Waals surface area contributed by atoms with Crippen LogP contribution in [0.1, 0.15) is 56.6 Å². The first kappa shape index (κ1) is 17.3. The molecule has 1 aromatic carbocycles. The second-order valence-electron chi connectivity index (χ2n) is 7.31. The summed E-state index contributed by atoms with van der Waals surface area (Å²) in [5.74, 6) is 0.718. The molecule has 3 rings (SSSR count). The van der Waals surface area contributed by atoms with Crippen molar-refractivity contribution < 1.29 is 0 Å². The molecule has 0 amide bonds. The highest BCUT2D eigenvalue weighted by Crippen LogP contribution is 2.21.